The number of urea groups is 1. The topological polar surface area (TPSA) is 80.4 Å². The standard InChI is InChI=1S/C20H16F2N4O3S/c21-17(22)18-24-13-6-5-11(9-16(13)30-18)23-19(27)25-8-7-12(10-25)26-14-3-1-2-4-15(14)29-20(26)28/h1-6,9,12,17H,7-8,10H2,(H,23,27). The molecule has 1 aliphatic rings. The highest BCUT2D eigenvalue weighted by Gasteiger charge is 2.30. The molecule has 1 aliphatic heterocycles. The molecule has 5 rings (SSSR count). The minimum absolute atomic E-state index is 0.176. The number of halogens is 2. The summed E-state index contributed by atoms with van der Waals surface area (Å²) in [6.45, 7) is 0.856. The Morgan fingerprint density at radius 3 is 2.93 bits per heavy atom. The summed E-state index contributed by atoms with van der Waals surface area (Å²) in [4.78, 5) is 30.5. The average Bonchev–Trinajstić information content (AvgIpc) is 3.43. The first-order valence-electron chi connectivity index (χ1n) is 9.34. The Morgan fingerprint density at radius 1 is 1.27 bits per heavy atom. The van der Waals surface area contributed by atoms with Crippen molar-refractivity contribution in [2.45, 2.75) is 18.9 Å². The van der Waals surface area contributed by atoms with Crippen LogP contribution < -0.4 is 11.1 Å². The predicted octanol–water partition coefficient (Wildman–Crippen LogP) is 4.62. The van der Waals surface area contributed by atoms with Crippen molar-refractivity contribution in [1.29, 1.82) is 0 Å². The van der Waals surface area contributed by atoms with Crippen molar-refractivity contribution in [3.63, 3.8) is 0 Å². The molecule has 1 fully saturated rings. The first-order chi connectivity index (χ1) is 14.5. The Hall–Kier alpha value is -3.27. The van der Waals surface area contributed by atoms with Crippen LogP contribution in [0, 0.1) is 0 Å². The Bertz CT molecular complexity index is 1310. The van der Waals surface area contributed by atoms with Crippen molar-refractivity contribution < 1.29 is 18.0 Å². The third kappa shape index (κ3) is 3.22. The number of nitrogens with one attached hydrogen (secondary N) is 1. The van der Waals surface area contributed by atoms with Crippen molar-refractivity contribution >= 4 is 44.4 Å². The Kier molecular flexibility index (Phi) is 4.50. The highest BCUT2D eigenvalue weighted by molar-refractivity contribution is 7.18. The second-order valence-electron chi connectivity index (χ2n) is 7.06. The summed E-state index contributed by atoms with van der Waals surface area (Å²) < 4.78 is 33.2. The van der Waals surface area contributed by atoms with E-state index in [2.05, 4.69) is 10.3 Å². The SMILES string of the molecule is O=C(Nc1ccc2nc(C(F)F)sc2c1)N1CCC(n2c(=O)oc3ccccc32)C1. The number of alkyl halides is 2. The zero-order chi connectivity index (χ0) is 20.8. The number of likely N-dealkylation sites (tertiary alicyclic amines) is 1. The summed E-state index contributed by atoms with van der Waals surface area (Å²) in [6, 6.07) is 11.6. The molecule has 1 atom stereocenters. The number of oxazole rings is 1. The van der Waals surface area contributed by atoms with Crippen molar-refractivity contribution in [2.24, 2.45) is 0 Å². The van der Waals surface area contributed by atoms with Gasteiger partial charge in [0.15, 0.2) is 10.6 Å². The van der Waals surface area contributed by atoms with Gasteiger partial charge >= 0.3 is 11.8 Å². The molecule has 1 unspecified atom stereocenters. The van der Waals surface area contributed by atoms with E-state index in [0.717, 1.165) is 11.3 Å². The fraction of sp³-hybridized carbons (Fsp3) is 0.250. The van der Waals surface area contributed by atoms with Gasteiger partial charge in [-0.05, 0) is 36.8 Å². The van der Waals surface area contributed by atoms with E-state index in [9.17, 15) is 18.4 Å². The number of hydrogen-bond acceptors (Lipinski definition) is 5. The van der Waals surface area contributed by atoms with Gasteiger partial charge in [0.2, 0.25) is 0 Å². The first kappa shape index (κ1) is 18.7. The Labute approximate surface area is 172 Å². The van der Waals surface area contributed by atoms with Crippen LogP contribution in [0.15, 0.2) is 51.7 Å². The monoisotopic (exact) mass is 430 g/mol. The second kappa shape index (κ2) is 7.21. The number of fused-ring (bicyclic) bond motifs is 2. The first-order valence-corrected chi connectivity index (χ1v) is 10.2. The molecule has 2 aromatic heterocycles. The third-order valence-corrected chi connectivity index (χ3v) is 6.20. The van der Waals surface area contributed by atoms with Crippen molar-refractivity contribution in [3.8, 4) is 0 Å². The van der Waals surface area contributed by atoms with Gasteiger partial charge in [-0.15, -0.1) is 11.3 Å². The molecule has 10 heteroatoms. The normalized spacial score (nSPS) is 16.8. The molecule has 0 bridgehead atoms. The van der Waals surface area contributed by atoms with Gasteiger partial charge in [-0.25, -0.2) is 23.4 Å². The fourth-order valence-electron chi connectivity index (χ4n) is 3.78. The van der Waals surface area contributed by atoms with E-state index in [0.29, 0.717) is 46.5 Å². The summed E-state index contributed by atoms with van der Waals surface area (Å²) in [5.41, 5.74) is 2.21. The molecule has 30 heavy (non-hydrogen) atoms. The van der Waals surface area contributed by atoms with E-state index in [-0.39, 0.29) is 17.1 Å². The zero-order valence-electron chi connectivity index (χ0n) is 15.5. The summed E-state index contributed by atoms with van der Waals surface area (Å²) in [5, 5.41) is 2.56. The van der Waals surface area contributed by atoms with E-state index in [1.165, 1.54) is 0 Å². The van der Waals surface area contributed by atoms with Crippen LogP contribution in [0.1, 0.15) is 23.9 Å². The molecule has 0 saturated carbocycles. The van der Waals surface area contributed by atoms with Gasteiger partial charge in [-0.1, -0.05) is 12.1 Å². The number of amides is 2. The van der Waals surface area contributed by atoms with Gasteiger partial charge in [0.25, 0.3) is 6.43 Å². The lowest BCUT2D eigenvalue weighted by Crippen LogP contribution is -2.34. The minimum atomic E-state index is -2.62. The lowest BCUT2D eigenvalue weighted by molar-refractivity contribution is 0.151. The molecular formula is C20H16F2N4O3S. The van der Waals surface area contributed by atoms with Gasteiger partial charge in [-0.3, -0.25) is 4.57 Å². The average molecular weight is 430 g/mol. The van der Waals surface area contributed by atoms with Crippen molar-refractivity contribution in [1.82, 2.24) is 14.5 Å². The number of thiazole rings is 1. The summed E-state index contributed by atoms with van der Waals surface area (Å²) in [6.07, 6.45) is -1.99. The van der Waals surface area contributed by atoms with Crippen LogP contribution in [0.3, 0.4) is 0 Å². The molecule has 1 saturated heterocycles. The molecule has 2 amide bonds. The van der Waals surface area contributed by atoms with Gasteiger partial charge in [-0.2, -0.15) is 0 Å². The number of anilines is 1. The molecular weight excluding hydrogens is 414 g/mol. The maximum atomic E-state index is 12.8. The van der Waals surface area contributed by atoms with E-state index < -0.39 is 12.2 Å². The summed E-state index contributed by atoms with van der Waals surface area (Å²) in [5.74, 6) is -0.436. The lowest BCUT2D eigenvalue weighted by Gasteiger charge is -2.17. The van der Waals surface area contributed by atoms with Gasteiger partial charge in [0.1, 0.15) is 0 Å². The molecule has 154 valence electrons. The molecule has 1 N–H and O–H groups in total. The molecule has 2 aromatic carbocycles. The predicted molar refractivity (Wildman–Crippen MR) is 109 cm³/mol. The maximum absolute atomic E-state index is 12.8. The highest BCUT2D eigenvalue weighted by Crippen LogP contribution is 2.31. The molecule has 0 spiro atoms. The number of aromatic nitrogens is 2. The van der Waals surface area contributed by atoms with Crippen molar-refractivity contribution in [3.05, 3.63) is 58.0 Å². The fourth-order valence-corrected chi connectivity index (χ4v) is 4.65. The highest BCUT2D eigenvalue weighted by atomic mass is 32.1. The van der Waals surface area contributed by atoms with Gasteiger partial charge in [0.05, 0.1) is 21.8 Å². The summed E-state index contributed by atoms with van der Waals surface area (Å²) in [7, 11) is 0. The molecule has 7 nitrogen and oxygen atoms in total. The lowest BCUT2D eigenvalue weighted by atomic mass is 10.2. The summed E-state index contributed by atoms with van der Waals surface area (Å²) >= 11 is 0.906. The number of rotatable bonds is 3. The van der Waals surface area contributed by atoms with Crippen LogP contribution in [0.4, 0.5) is 19.3 Å². The largest absolute Gasteiger partial charge is 0.420 e. The molecule has 3 heterocycles. The van der Waals surface area contributed by atoms with Crippen LogP contribution in [0.5, 0.6) is 0 Å². The second-order valence-corrected chi connectivity index (χ2v) is 8.12. The maximum Gasteiger partial charge on any atom is 0.420 e. The quantitative estimate of drug-likeness (QED) is 0.514. The smallest absolute Gasteiger partial charge is 0.408 e. The van der Waals surface area contributed by atoms with Gasteiger partial charge < -0.3 is 14.6 Å². The minimum Gasteiger partial charge on any atom is -0.408 e. The molecule has 4 aromatic rings. The van der Waals surface area contributed by atoms with E-state index in [1.807, 2.05) is 12.1 Å². The third-order valence-electron chi connectivity index (χ3n) is 5.18. The van der Waals surface area contributed by atoms with Crippen LogP contribution in [-0.4, -0.2) is 33.6 Å². The van der Waals surface area contributed by atoms with Crippen LogP contribution in [0.2, 0.25) is 0 Å². The number of hydrogen-bond donors (Lipinski definition) is 1. The number of carbonyl (C=O) groups is 1. The van der Waals surface area contributed by atoms with Crippen LogP contribution in [-0.2, 0) is 0 Å². The van der Waals surface area contributed by atoms with E-state index >= 15 is 0 Å². The van der Waals surface area contributed by atoms with Gasteiger partial charge in [0, 0.05) is 18.8 Å². The number of nitrogens with zero attached hydrogens (tertiary/aromatic N) is 3. The number of benzene rings is 2. The van der Waals surface area contributed by atoms with Crippen molar-refractivity contribution in [2.75, 3.05) is 18.4 Å². The Morgan fingerprint density at radius 2 is 2.10 bits per heavy atom. The molecule has 0 radical (unpaired) electrons. The number of para-hydroxylation sites is 2. The van der Waals surface area contributed by atoms with E-state index in [4.69, 9.17) is 4.42 Å². The van der Waals surface area contributed by atoms with Crippen LogP contribution in [0.25, 0.3) is 21.3 Å². The van der Waals surface area contributed by atoms with E-state index in [1.54, 1.807) is 39.8 Å². The van der Waals surface area contributed by atoms with Crippen LogP contribution >= 0.6 is 11.3 Å². The number of carbonyl (C=O) groups excluding carboxylic acids is 1. The molecule has 0 aliphatic carbocycles. The zero-order valence-corrected chi connectivity index (χ0v) is 16.4. The Balaban J connectivity index is 1.32.